The maximum atomic E-state index is 11.9. The SMILES string of the molecule is O=C(N[C@@H](Cc1ccccc1)C(=O)O)c1ccccn1. The van der Waals surface area contributed by atoms with Crippen LogP contribution in [-0.4, -0.2) is 28.0 Å². The summed E-state index contributed by atoms with van der Waals surface area (Å²) in [5.74, 6) is -1.56. The summed E-state index contributed by atoms with van der Waals surface area (Å²) in [5.41, 5.74) is 1.05. The summed E-state index contributed by atoms with van der Waals surface area (Å²) < 4.78 is 0. The van der Waals surface area contributed by atoms with Crippen molar-refractivity contribution in [3.8, 4) is 0 Å². The van der Waals surface area contributed by atoms with Gasteiger partial charge in [-0.2, -0.15) is 0 Å². The molecule has 1 heterocycles. The van der Waals surface area contributed by atoms with Crippen molar-refractivity contribution in [2.24, 2.45) is 0 Å². The van der Waals surface area contributed by atoms with Crippen LogP contribution in [0.1, 0.15) is 16.1 Å². The zero-order valence-corrected chi connectivity index (χ0v) is 10.7. The van der Waals surface area contributed by atoms with Crippen LogP contribution in [-0.2, 0) is 11.2 Å². The van der Waals surface area contributed by atoms with Crippen molar-refractivity contribution in [1.29, 1.82) is 0 Å². The average molecular weight is 270 g/mol. The predicted octanol–water partition coefficient (Wildman–Crippen LogP) is 1.51. The minimum atomic E-state index is -1.07. The van der Waals surface area contributed by atoms with Gasteiger partial charge in [0.1, 0.15) is 11.7 Å². The molecule has 1 aromatic heterocycles. The Balaban J connectivity index is 2.07. The molecule has 0 unspecified atom stereocenters. The van der Waals surface area contributed by atoms with Gasteiger partial charge in [0, 0.05) is 12.6 Å². The number of hydrogen-bond acceptors (Lipinski definition) is 3. The Kier molecular flexibility index (Phi) is 4.44. The van der Waals surface area contributed by atoms with Gasteiger partial charge in [0.15, 0.2) is 0 Å². The number of carboxylic acid groups (broad SMARTS) is 1. The molecule has 0 radical (unpaired) electrons. The largest absolute Gasteiger partial charge is 0.480 e. The maximum absolute atomic E-state index is 11.9. The highest BCUT2D eigenvalue weighted by molar-refractivity contribution is 5.94. The summed E-state index contributed by atoms with van der Waals surface area (Å²) in [4.78, 5) is 27.0. The van der Waals surface area contributed by atoms with Crippen LogP contribution in [0.15, 0.2) is 54.7 Å². The first-order valence-electron chi connectivity index (χ1n) is 6.15. The van der Waals surface area contributed by atoms with E-state index in [0.717, 1.165) is 5.56 Å². The van der Waals surface area contributed by atoms with Crippen molar-refractivity contribution < 1.29 is 14.7 Å². The van der Waals surface area contributed by atoms with Gasteiger partial charge in [-0.1, -0.05) is 36.4 Å². The highest BCUT2D eigenvalue weighted by Crippen LogP contribution is 2.04. The Labute approximate surface area is 116 Å². The number of nitrogens with one attached hydrogen (secondary N) is 1. The maximum Gasteiger partial charge on any atom is 0.326 e. The van der Waals surface area contributed by atoms with Crippen molar-refractivity contribution in [2.45, 2.75) is 12.5 Å². The lowest BCUT2D eigenvalue weighted by Gasteiger charge is -2.14. The van der Waals surface area contributed by atoms with Gasteiger partial charge in [0.2, 0.25) is 0 Å². The number of aliphatic carboxylic acids is 1. The van der Waals surface area contributed by atoms with E-state index >= 15 is 0 Å². The van der Waals surface area contributed by atoms with Crippen molar-refractivity contribution in [2.75, 3.05) is 0 Å². The predicted molar refractivity (Wildman–Crippen MR) is 73.3 cm³/mol. The molecule has 0 aliphatic heterocycles. The van der Waals surface area contributed by atoms with E-state index in [9.17, 15) is 14.7 Å². The van der Waals surface area contributed by atoms with Crippen molar-refractivity contribution >= 4 is 11.9 Å². The van der Waals surface area contributed by atoms with Gasteiger partial charge in [0.25, 0.3) is 5.91 Å². The zero-order chi connectivity index (χ0) is 14.4. The van der Waals surface area contributed by atoms with Gasteiger partial charge in [-0.15, -0.1) is 0 Å². The number of nitrogens with zero attached hydrogens (tertiary/aromatic N) is 1. The fraction of sp³-hybridized carbons (Fsp3) is 0.133. The van der Waals surface area contributed by atoms with Gasteiger partial charge in [-0.3, -0.25) is 9.78 Å². The molecule has 5 nitrogen and oxygen atoms in total. The van der Waals surface area contributed by atoms with Gasteiger partial charge >= 0.3 is 5.97 Å². The lowest BCUT2D eigenvalue weighted by atomic mass is 10.1. The number of pyridine rings is 1. The molecule has 5 heteroatoms. The molecule has 0 saturated heterocycles. The summed E-state index contributed by atoms with van der Waals surface area (Å²) >= 11 is 0. The van der Waals surface area contributed by atoms with E-state index in [1.165, 1.54) is 12.3 Å². The van der Waals surface area contributed by atoms with Crippen LogP contribution in [0.3, 0.4) is 0 Å². The topological polar surface area (TPSA) is 79.3 Å². The first-order valence-corrected chi connectivity index (χ1v) is 6.15. The third kappa shape index (κ3) is 3.65. The van der Waals surface area contributed by atoms with E-state index in [4.69, 9.17) is 0 Å². The fourth-order valence-corrected chi connectivity index (χ4v) is 1.78. The van der Waals surface area contributed by atoms with Crippen molar-refractivity contribution in [1.82, 2.24) is 10.3 Å². The molecule has 2 rings (SSSR count). The molecule has 0 aliphatic rings. The summed E-state index contributed by atoms with van der Waals surface area (Å²) in [7, 11) is 0. The van der Waals surface area contributed by atoms with Crippen LogP contribution in [0, 0.1) is 0 Å². The molecule has 1 aromatic carbocycles. The standard InChI is InChI=1S/C15H14N2O3/c18-14(12-8-4-5-9-16-12)17-13(15(19)20)10-11-6-2-1-3-7-11/h1-9,13H,10H2,(H,17,18)(H,19,20)/t13-/m0/s1. The summed E-state index contributed by atoms with van der Waals surface area (Å²) in [6, 6.07) is 13.1. The van der Waals surface area contributed by atoms with Crippen LogP contribution >= 0.6 is 0 Å². The lowest BCUT2D eigenvalue weighted by molar-refractivity contribution is -0.139. The number of aromatic nitrogens is 1. The van der Waals surface area contributed by atoms with Crippen LogP contribution in [0.4, 0.5) is 0 Å². The number of hydrogen-bond donors (Lipinski definition) is 2. The number of carbonyl (C=O) groups is 2. The van der Waals surface area contributed by atoms with E-state index in [1.807, 2.05) is 30.3 Å². The van der Waals surface area contributed by atoms with Crippen LogP contribution in [0.25, 0.3) is 0 Å². The van der Waals surface area contributed by atoms with E-state index in [1.54, 1.807) is 12.1 Å². The summed E-state index contributed by atoms with van der Waals surface area (Å²) in [6.07, 6.45) is 1.72. The van der Waals surface area contributed by atoms with Gasteiger partial charge in [-0.05, 0) is 17.7 Å². The molecule has 0 fully saturated rings. The molecule has 1 amide bonds. The quantitative estimate of drug-likeness (QED) is 0.863. The molecule has 102 valence electrons. The minimum Gasteiger partial charge on any atom is -0.480 e. The molecule has 20 heavy (non-hydrogen) atoms. The second kappa shape index (κ2) is 6.47. The second-order valence-electron chi connectivity index (χ2n) is 4.27. The number of carboxylic acids is 1. The summed E-state index contributed by atoms with van der Waals surface area (Å²) in [5, 5.41) is 11.7. The molecule has 1 atom stereocenters. The van der Waals surface area contributed by atoms with Crippen LogP contribution < -0.4 is 5.32 Å². The van der Waals surface area contributed by atoms with Gasteiger partial charge in [0.05, 0.1) is 0 Å². The monoisotopic (exact) mass is 270 g/mol. The zero-order valence-electron chi connectivity index (χ0n) is 10.7. The number of rotatable bonds is 5. The molecular weight excluding hydrogens is 256 g/mol. The Morgan fingerprint density at radius 1 is 1.10 bits per heavy atom. The van der Waals surface area contributed by atoms with Crippen LogP contribution in [0.2, 0.25) is 0 Å². The van der Waals surface area contributed by atoms with Crippen molar-refractivity contribution in [3.05, 3.63) is 66.0 Å². The number of benzene rings is 1. The van der Waals surface area contributed by atoms with E-state index in [2.05, 4.69) is 10.3 Å². The Morgan fingerprint density at radius 3 is 2.40 bits per heavy atom. The highest BCUT2D eigenvalue weighted by atomic mass is 16.4. The van der Waals surface area contributed by atoms with Crippen molar-refractivity contribution in [3.63, 3.8) is 0 Å². The van der Waals surface area contributed by atoms with Crippen LogP contribution in [0.5, 0.6) is 0 Å². The Bertz CT molecular complexity index is 585. The second-order valence-corrected chi connectivity index (χ2v) is 4.27. The smallest absolute Gasteiger partial charge is 0.326 e. The molecule has 0 bridgehead atoms. The van der Waals surface area contributed by atoms with E-state index in [-0.39, 0.29) is 12.1 Å². The minimum absolute atomic E-state index is 0.201. The lowest BCUT2D eigenvalue weighted by Crippen LogP contribution is -2.42. The molecular formula is C15H14N2O3. The molecule has 0 aliphatic carbocycles. The third-order valence-electron chi connectivity index (χ3n) is 2.78. The van der Waals surface area contributed by atoms with E-state index in [0.29, 0.717) is 0 Å². The van der Waals surface area contributed by atoms with E-state index < -0.39 is 17.9 Å². The molecule has 2 N–H and O–H groups in total. The van der Waals surface area contributed by atoms with Gasteiger partial charge < -0.3 is 10.4 Å². The first-order chi connectivity index (χ1) is 9.66. The van der Waals surface area contributed by atoms with Gasteiger partial charge in [-0.25, -0.2) is 4.79 Å². The number of amides is 1. The highest BCUT2D eigenvalue weighted by Gasteiger charge is 2.21. The third-order valence-corrected chi connectivity index (χ3v) is 2.78. The first kappa shape index (κ1) is 13.7. The Morgan fingerprint density at radius 2 is 1.80 bits per heavy atom. The molecule has 0 spiro atoms. The normalized spacial score (nSPS) is 11.6. The average Bonchev–Trinajstić information content (AvgIpc) is 2.48. The summed E-state index contributed by atoms with van der Waals surface area (Å²) in [6.45, 7) is 0. The molecule has 2 aromatic rings. The Hall–Kier alpha value is -2.69. The fourth-order valence-electron chi connectivity index (χ4n) is 1.78. The number of carbonyl (C=O) groups excluding carboxylic acids is 1. The molecule has 0 saturated carbocycles.